The first kappa shape index (κ1) is 13.0. The molecule has 2 N–H and O–H groups in total. The van der Waals surface area contributed by atoms with Gasteiger partial charge < -0.3 is 5.73 Å². The topological polar surface area (TPSA) is 26.0 Å². The molecule has 16 heavy (non-hydrogen) atoms. The molecule has 0 saturated heterocycles. The lowest BCUT2D eigenvalue weighted by Gasteiger charge is -2.13. The molecular formula is C15H23N. The Morgan fingerprint density at radius 1 is 1.38 bits per heavy atom. The molecule has 0 radical (unpaired) electrons. The number of hydrogen-bond donors (Lipinski definition) is 1. The number of allylic oxidation sites excluding steroid dienone is 1. The molecule has 1 aromatic carbocycles. The standard InChI is InChI=1S/C15H23N/c1-12(2)14-8-6-9-15(11-14)13(3)7-4-5-10-16/h6,8-9,11,13H,1,4-5,7,10,16H2,2-3H3. The highest BCUT2D eigenvalue weighted by Gasteiger charge is 2.05. The monoisotopic (exact) mass is 217 g/mol. The summed E-state index contributed by atoms with van der Waals surface area (Å²) in [7, 11) is 0. The quantitative estimate of drug-likeness (QED) is 0.717. The van der Waals surface area contributed by atoms with Crippen molar-refractivity contribution in [2.24, 2.45) is 5.73 Å². The van der Waals surface area contributed by atoms with Crippen molar-refractivity contribution in [2.75, 3.05) is 6.54 Å². The van der Waals surface area contributed by atoms with Crippen LogP contribution in [-0.4, -0.2) is 6.54 Å². The van der Waals surface area contributed by atoms with E-state index in [0.29, 0.717) is 5.92 Å². The third-order valence-electron chi connectivity index (χ3n) is 3.04. The van der Waals surface area contributed by atoms with Gasteiger partial charge in [0.25, 0.3) is 0 Å². The Labute approximate surface area is 99.4 Å². The second-order valence-corrected chi connectivity index (χ2v) is 4.59. The predicted octanol–water partition coefficient (Wildman–Crippen LogP) is 3.95. The fourth-order valence-electron chi connectivity index (χ4n) is 1.87. The van der Waals surface area contributed by atoms with Gasteiger partial charge in [-0.2, -0.15) is 0 Å². The first-order chi connectivity index (χ1) is 7.65. The van der Waals surface area contributed by atoms with Gasteiger partial charge in [0.2, 0.25) is 0 Å². The van der Waals surface area contributed by atoms with Crippen LogP contribution in [0.3, 0.4) is 0 Å². The van der Waals surface area contributed by atoms with Crippen LogP contribution in [0.1, 0.15) is 50.2 Å². The van der Waals surface area contributed by atoms with Crippen molar-refractivity contribution < 1.29 is 0 Å². The van der Waals surface area contributed by atoms with Crippen molar-refractivity contribution in [3.05, 3.63) is 42.0 Å². The van der Waals surface area contributed by atoms with E-state index in [-0.39, 0.29) is 0 Å². The number of nitrogens with two attached hydrogens (primary N) is 1. The van der Waals surface area contributed by atoms with E-state index < -0.39 is 0 Å². The number of hydrogen-bond acceptors (Lipinski definition) is 1. The van der Waals surface area contributed by atoms with Crippen LogP contribution in [0.5, 0.6) is 0 Å². The Bertz CT molecular complexity index is 341. The Hall–Kier alpha value is -1.08. The summed E-state index contributed by atoms with van der Waals surface area (Å²) in [6.07, 6.45) is 3.57. The molecule has 1 aromatic rings. The molecule has 1 rings (SSSR count). The highest BCUT2D eigenvalue weighted by molar-refractivity contribution is 5.61. The fraction of sp³-hybridized carbons (Fsp3) is 0.467. The molecule has 0 aliphatic heterocycles. The molecule has 0 bridgehead atoms. The maximum Gasteiger partial charge on any atom is -0.00773 e. The molecule has 0 amide bonds. The predicted molar refractivity (Wildman–Crippen MR) is 72.5 cm³/mol. The zero-order valence-electron chi connectivity index (χ0n) is 10.5. The molecule has 1 atom stereocenters. The van der Waals surface area contributed by atoms with E-state index in [1.165, 1.54) is 24.0 Å². The SMILES string of the molecule is C=C(C)c1cccc(C(C)CCCCN)c1. The minimum absolute atomic E-state index is 0.617. The van der Waals surface area contributed by atoms with Crippen molar-refractivity contribution in [1.82, 2.24) is 0 Å². The van der Waals surface area contributed by atoms with Gasteiger partial charge in [-0.3, -0.25) is 0 Å². The summed E-state index contributed by atoms with van der Waals surface area (Å²) in [5.41, 5.74) is 9.31. The first-order valence-electron chi connectivity index (χ1n) is 6.11. The number of unbranched alkanes of at least 4 members (excludes halogenated alkanes) is 1. The van der Waals surface area contributed by atoms with Crippen molar-refractivity contribution in [1.29, 1.82) is 0 Å². The van der Waals surface area contributed by atoms with Gasteiger partial charge in [0.15, 0.2) is 0 Å². The van der Waals surface area contributed by atoms with Crippen LogP contribution in [0.4, 0.5) is 0 Å². The second-order valence-electron chi connectivity index (χ2n) is 4.59. The highest BCUT2D eigenvalue weighted by atomic mass is 14.5. The molecule has 0 aromatic heterocycles. The molecule has 0 fully saturated rings. The average molecular weight is 217 g/mol. The lowest BCUT2D eigenvalue weighted by Crippen LogP contribution is -2.00. The summed E-state index contributed by atoms with van der Waals surface area (Å²) in [5, 5.41) is 0. The van der Waals surface area contributed by atoms with Gasteiger partial charge in [-0.1, -0.05) is 49.8 Å². The van der Waals surface area contributed by atoms with E-state index in [0.717, 1.165) is 18.5 Å². The molecule has 0 heterocycles. The Kier molecular flexibility index (Phi) is 5.27. The Morgan fingerprint density at radius 3 is 2.75 bits per heavy atom. The van der Waals surface area contributed by atoms with Crippen LogP contribution < -0.4 is 5.73 Å². The highest BCUT2D eigenvalue weighted by Crippen LogP contribution is 2.24. The summed E-state index contributed by atoms with van der Waals surface area (Å²) < 4.78 is 0. The van der Waals surface area contributed by atoms with E-state index in [1.807, 2.05) is 0 Å². The van der Waals surface area contributed by atoms with Crippen LogP contribution in [-0.2, 0) is 0 Å². The van der Waals surface area contributed by atoms with E-state index in [2.05, 4.69) is 44.7 Å². The molecule has 0 aliphatic carbocycles. The largest absolute Gasteiger partial charge is 0.330 e. The fourth-order valence-corrected chi connectivity index (χ4v) is 1.87. The minimum Gasteiger partial charge on any atom is -0.330 e. The Balaban J connectivity index is 2.64. The first-order valence-corrected chi connectivity index (χ1v) is 6.11. The van der Waals surface area contributed by atoms with E-state index in [9.17, 15) is 0 Å². The van der Waals surface area contributed by atoms with Crippen LogP contribution in [0.15, 0.2) is 30.8 Å². The lowest BCUT2D eigenvalue weighted by atomic mass is 9.93. The number of rotatable bonds is 6. The zero-order valence-corrected chi connectivity index (χ0v) is 10.5. The van der Waals surface area contributed by atoms with Gasteiger partial charge in [0, 0.05) is 0 Å². The third kappa shape index (κ3) is 3.82. The van der Waals surface area contributed by atoms with Gasteiger partial charge in [-0.05, 0) is 43.4 Å². The van der Waals surface area contributed by atoms with Crippen molar-refractivity contribution in [2.45, 2.75) is 39.0 Å². The smallest absolute Gasteiger partial charge is 0.00773 e. The van der Waals surface area contributed by atoms with E-state index >= 15 is 0 Å². The zero-order chi connectivity index (χ0) is 12.0. The Morgan fingerprint density at radius 2 is 2.12 bits per heavy atom. The minimum atomic E-state index is 0.617. The number of benzene rings is 1. The normalized spacial score (nSPS) is 12.4. The molecular weight excluding hydrogens is 194 g/mol. The maximum absolute atomic E-state index is 5.51. The van der Waals surface area contributed by atoms with Gasteiger partial charge in [0.1, 0.15) is 0 Å². The van der Waals surface area contributed by atoms with Crippen molar-refractivity contribution >= 4 is 5.57 Å². The summed E-state index contributed by atoms with van der Waals surface area (Å²) >= 11 is 0. The second kappa shape index (κ2) is 6.49. The summed E-state index contributed by atoms with van der Waals surface area (Å²) in [6, 6.07) is 8.71. The summed E-state index contributed by atoms with van der Waals surface area (Å²) in [5.74, 6) is 0.617. The molecule has 0 spiro atoms. The lowest BCUT2D eigenvalue weighted by molar-refractivity contribution is 0.609. The molecule has 1 nitrogen and oxygen atoms in total. The van der Waals surface area contributed by atoms with E-state index in [4.69, 9.17) is 5.73 Å². The van der Waals surface area contributed by atoms with Gasteiger partial charge >= 0.3 is 0 Å². The van der Waals surface area contributed by atoms with Crippen molar-refractivity contribution in [3.63, 3.8) is 0 Å². The summed E-state index contributed by atoms with van der Waals surface area (Å²) in [6.45, 7) is 9.13. The molecule has 0 aliphatic rings. The van der Waals surface area contributed by atoms with Gasteiger partial charge in [-0.15, -0.1) is 0 Å². The van der Waals surface area contributed by atoms with Crippen LogP contribution >= 0.6 is 0 Å². The molecule has 0 saturated carbocycles. The molecule has 1 unspecified atom stereocenters. The molecule has 88 valence electrons. The van der Waals surface area contributed by atoms with Gasteiger partial charge in [0.05, 0.1) is 0 Å². The van der Waals surface area contributed by atoms with Crippen LogP contribution in [0.25, 0.3) is 5.57 Å². The van der Waals surface area contributed by atoms with Gasteiger partial charge in [-0.25, -0.2) is 0 Å². The molecule has 1 heteroatoms. The summed E-state index contributed by atoms with van der Waals surface area (Å²) in [4.78, 5) is 0. The van der Waals surface area contributed by atoms with E-state index in [1.54, 1.807) is 0 Å². The van der Waals surface area contributed by atoms with Crippen LogP contribution in [0.2, 0.25) is 0 Å². The maximum atomic E-state index is 5.51. The third-order valence-corrected chi connectivity index (χ3v) is 3.04. The van der Waals surface area contributed by atoms with Crippen molar-refractivity contribution in [3.8, 4) is 0 Å². The average Bonchev–Trinajstić information content (AvgIpc) is 2.29. The van der Waals surface area contributed by atoms with Crippen LogP contribution in [0, 0.1) is 0 Å².